The van der Waals surface area contributed by atoms with Gasteiger partial charge in [0.05, 0.1) is 0 Å². The number of hydrogen-bond acceptors (Lipinski definition) is 1. The predicted octanol–water partition coefficient (Wildman–Crippen LogP) is 5.44. The van der Waals surface area contributed by atoms with Gasteiger partial charge in [0.2, 0.25) is 0 Å². The number of nitrogens with one attached hydrogen (secondary N) is 1. The van der Waals surface area contributed by atoms with Crippen LogP contribution in [0.4, 0.5) is 5.69 Å². The summed E-state index contributed by atoms with van der Waals surface area (Å²) in [5, 5.41) is 3.72. The van der Waals surface area contributed by atoms with Gasteiger partial charge in [-0.3, -0.25) is 0 Å². The number of hydrogen-bond donors (Lipinski definition) is 1. The number of benzene rings is 2. The SMILES string of the molecule is Cc1ccc(NC2CCC(c3ccccc3)CC2)cc1C. The molecular weight excluding hydrogens is 254 g/mol. The lowest BCUT2D eigenvalue weighted by atomic mass is 9.81. The van der Waals surface area contributed by atoms with E-state index in [0.29, 0.717) is 6.04 Å². The fourth-order valence-electron chi connectivity index (χ4n) is 3.36. The summed E-state index contributed by atoms with van der Waals surface area (Å²) in [4.78, 5) is 0. The second-order valence-electron chi connectivity index (χ2n) is 6.40. The van der Waals surface area contributed by atoms with Gasteiger partial charge in [-0.2, -0.15) is 0 Å². The fraction of sp³-hybridized carbons (Fsp3) is 0.400. The topological polar surface area (TPSA) is 12.0 Å². The minimum atomic E-state index is 0.632. The molecule has 1 aliphatic rings. The van der Waals surface area contributed by atoms with Gasteiger partial charge < -0.3 is 5.32 Å². The second-order valence-corrected chi connectivity index (χ2v) is 6.40. The van der Waals surface area contributed by atoms with E-state index < -0.39 is 0 Å². The molecule has 2 aromatic rings. The van der Waals surface area contributed by atoms with Gasteiger partial charge in [0, 0.05) is 11.7 Å². The van der Waals surface area contributed by atoms with Gasteiger partial charge in [-0.15, -0.1) is 0 Å². The molecule has 0 spiro atoms. The average molecular weight is 279 g/mol. The number of rotatable bonds is 3. The second kappa shape index (κ2) is 6.34. The lowest BCUT2D eigenvalue weighted by Gasteiger charge is -2.30. The molecule has 2 aromatic carbocycles. The third kappa shape index (κ3) is 3.47. The van der Waals surface area contributed by atoms with E-state index in [1.54, 1.807) is 0 Å². The van der Waals surface area contributed by atoms with E-state index in [4.69, 9.17) is 0 Å². The van der Waals surface area contributed by atoms with Gasteiger partial charge in [-0.1, -0.05) is 36.4 Å². The molecule has 1 saturated carbocycles. The first kappa shape index (κ1) is 14.2. The van der Waals surface area contributed by atoms with Crippen LogP contribution in [-0.4, -0.2) is 6.04 Å². The van der Waals surface area contributed by atoms with Crippen LogP contribution >= 0.6 is 0 Å². The Morgan fingerprint density at radius 3 is 2.19 bits per heavy atom. The fourth-order valence-corrected chi connectivity index (χ4v) is 3.36. The van der Waals surface area contributed by atoms with Crippen molar-refractivity contribution in [3.05, 3.63) is 65.2 Å². The maximum absolute atomic E-state index is 3.72. The Hall–Kier alpha value is -1.76. The lowest BCUT2D eigenvalue weighted by molar-refractivity contribution is 0.412. The molecule has 21 heavy (non-hydrogen) atoms. The zero-order valence-corrected chi connectivity index (χ0v) is 13.1. The highest BCUT2D eigenvalue weighted by Gasteiger charge is 2.22. The summed E-state index contributed by atoms with van der Waals surface area (Å²) >= 11 is 0. The molecule has 0 heterocycles. The molecular formula is C20H25N. The van der Waals surface area contributed by atoms with Crippen molar-refractivity contribution in [1.29, 1.82) is 0 Å². The summed E-state index contributed by atoms with van der Waals surface area (Å²) < 4.78 is 0. The molecule has 0 atom stereocenters. The third-order valence-electron chi connectivity index (χ3n) is 4.88. The van der Waals surface area contributed by atoms with Gasteiger partial charge in [0.1, 0.15) is 0 Å². The Bertz CT molecular complexity index is 580. The first-order valence-corrected chi connectivity index (χ1v) is 8.11. The number of anilines is 1. The van der Waals surface area contributed by atoms with Crippen molar-refractivity contribution in [2.45, 2.75) is 51.5 Å². The summed E-state index contributed by atoms with van der Waals surface area (Å²) in [6.45, 7) is 4.36. The van der Waals surface area contributed by atoms with Crippen LogP contribution < -0.4 is 5.32 Å². The largest absolute Gasteiger partial charge is 0.382 e. The van der Waals surface area contributed by atoms with Gasteiger partial charge in [-0.25, -0.2) is 0 Å². The van der Waals surface area contributed by atoms with Gasteiger partial charge >= 0.3 is 0 Å². The lowest BCUT2D eigenvalue weighted by Crippen LogP contribution is -2.25. The van der Waals surface area contributed by atoms with Gasteiger partial charge in [0.15, 0.2) is 0 Å². The molecule has 0 radical (unpaired) electrons. The normalized spacial score (nSPS) is 22.0. The first-order valence-electron chi connectivity index (χ1n) is 8.11. The molecule has 1 N–H and O–H groups in total. The molecule has 0 unspecified atom stereocenters. The van der Waals surface area contributed by atoms with Crippen LogP contribution in [0.5, 0.6) is 0 Å². The molecule has 1 nitrogen and oxygen atoms in total. The van der Waals surface area contributed by atoms with Crippen molar-refractivity contribution in [3.8, 4) is 0 Å². The van der Waals surface area contributed by atoms with E-state index in [1.165, 1.54) is 48.1 Å². The minimum Gasteiger partial charge on any atom is -0.382 e. The van der Waals surface area contributed by atoms with E-state index in [0.717, 1.165) is 5.92 Å². The zero-order valence-electron chi connectivity index (χ0n) is 13.1. The summed E-state index contributed by atoms with van der Waals surface area (Å²) in [7, 11) is 0. The molecule has 1 aliphatic carbocycles. The van der Waals surface area contributed by atoms with Gasteiger partial charge in [-0.05, 0) is 74.3 Å². The summed E-state index contributed by atoms with van der Waals surface area (Å²) in [5.74, 6) is 0.754. The highest BCUT2D eigenvalue weighted by atomic mass is 14.9. The Morgan fingerprint density at radius 2 is 1.52 bits per heavy atom. The average Bonchev–Trinajstić information content (AvgIpc) is 2.53. The van der Waals surface area contributed by atoms with E-state index >= 15 is 0 Å². The standard InChI is InChI=1S/C20H25N/c1-15-8-11-20(14-16(15)2)21-19-12-9-18(10-13-19)17-6-4-3-5-7-17/h3-8,11,14,18-19,21H,9-10,12-13H2,1-2H3. The van der Waals surface area contributed by atoms with Crippen LogP contribution in [-0.2, 0) is 0 Å². The zero-order chi connectivity index (χ0) is 14.7. The maximum Gasteiger partial charge on any atom is 0.0345 e. The van der Waals surface area contributed by atoms with E-state index in [2.05, 4.69) is 67.7 Å². The summed E-state index contributed by atoms with van der Waals surface area (Å²) in [6.07, 6.45) is 5.14. The number of aryl methyl sites for hydroxylation is 2. The summed E-state index contributed by atoms with van der Waals surface area (Å²) in [6, 6.07) is 18.3. The molecule has 0 amide bonds. The first-order chi connectivity index (χ1) is 10.2. The van der Waals surface area contributed by atoms with Crippen LogP contribution in [0.3, 0.4) is 0 Å². The molecule has 0 saturated heterocycles. The molecule has 0 aliphatic heterocycles. The van der Waals surface area contributed by atoms with Crippen molar-refractivity contribution in [3.63, 3.8) is 0 Å². The Kier molecular flexibility index (Phi) is 4.28. The molecule has 3 rings (SSSR count). The predicted molar refractivity (Wildman–Crippen MR) is 91.0 cm³/mol. The third-order valence-corrected chi connectivity index (χ3v) is 4.88. The van der Waals surface area contributed by atoms with E-state index in [-0.39, 0.29) is 0 Å². The van der Waals surface area contributed by atoms with Crippen LogP contribution in [0.25, 0.3) is 0 Å². The molecule has 0 aromatic heterocycles. The van der Waals surface area contributed by atoms with Crippen molar-refractivity contribution < 1.29 is 0 Å². The Balaban J connectivity index is 1.57. The van der Waals surface area contributed by atoms with E-state index in [1.807, 2.05) is 0 Å². The quantitative estimate of drug-likeness (QED) is 0.788. The van der Waals surface area contributed by atoms with E-state index in [9.17, 15) is 0 Å². The molecule has 1 heteroatoms. The van der Waals surface area contributed by atoms with Crippen molar-refractivity contribution in [2.75, 3.05) is 5.32 Å². The van der Waals surface area contributed by atoms with Gasteiger partial charge in [0.25, 0.3) is 0 Å². The molecule has 1 fully saturated rings. The molecule has 110 valence electrons. The van der Waals surface area contributed by atoms with Crippen LogP contribution in [0.2, 0.25) is 0 Å². The Morgan fingerprint density at radius 1 is 0.810 bits per heavy atom. The van der Waals surface area contributed by atoms with Crippen molar-refractivity contribution >= 4 is 5.69 Å². The maximum atomic E-state index is 3.72. The minimum absolute atomic E-state index is 0.632. The van der Waals surface area contributed by atoms with Crippen LogP contribution in [0.15, 0.2) is 48.5 Å². The van der Waals surface area contributed by atoms with Crippen LogP contribution in [0.1, 0.15) is 48.3 Å². The summed E-state index contributed by atoms with van der Waals surface area (Å²) in [5.41, 5.74) is 5.54. The van der Waals surface area contributed by atoms with Crippen molar-refractivity contribution in [2.24, 2.45) is 0 Å². The smallest absolute Gasteiger partial charge is 0.0345 e. The Labute approximate surface area is 128 Å². The van der Waals surface area contributed by atoms with Crippen molar-refractivity contribution in [1.82, 2.24) is 0 Å². The highest BCUT2D eigenvalue weighted by Crippen LogP contribution is 2.34. The monoisotopic (exact) mass is 279 g/mol. The molecule has 0 bridgehead atoms. The van der Waals surface area contributed by atoms with Crippen LogP contribution in [0, 0.1) is 13.8 Å². The highest BCUT2D eigenvalue weighted by molar-refractivity contribution is 5.48.